The second kappa shape index (κ2) is 10.8. The molecule has 3 atom stereocenters. The molecular weight excluding hydrogens is 554 g/mol. The van der Waals surface area contributed by atoms with Crippen LogP contribution in [0.2, 0.25) is 0 Å². The maximum absolute atomic E-state index is 14.2. The maximum Gasteiger partial charge on any atom is 0.244 e. The Kier molecular flexibility index (Phi) is 6.98. The van der Waals surface area contributed by atoms with Gasteiger partial charge >= 0.3 is 0 Å². The fraction of sp³-hybridized carbons (Fsp3) is 0.364. The molecule has 2 saturated heterocycles. The average Bonchev–Trinajstić information content (AvgIpc) is 3.50. The molecule has 43 heavy (non-hydrogen) atoms. The first-order valence-corrected chi connectivity index (χ1v) is 14.7. The standard InChI is InChI=1S/C33H32F2N4O4/c34-23-11-21(12-24(35)14-23)28-17-36-30(19-7-9-43-10-8-19)31(41)39(28)18-29(40)37-25-6-5-20-15-33(16-22(20)13-25)26-3-1-2-4-27(26)38-32(33)42/h1-6,11-14,19,28,30,36H,7-10,15-18H2,(H,37,40)(H,38,42). The molecule has 3 unspecified atom stereocenters. The number of para-hydroxylation sites is 1. The molecule has 0 bridgehead atoms. The molecule has 0 saturated carbocycles. The van der Waals surface area contributed by atoms with Crippen molar-refractivity contribution in [3.8, 4) is 0 Å². The average molecular weight is 587 g/mol. The molecule has 1 aliphatic carbocycles. The van der Waals surface area contributed by atoms with Gasteiger partial charge in [-0.2, -0.15) is 0 Å². The van der Waals surface area contributed by atoms with Gasteiger partial charge in [-0.25, -0.2) is 8.78 Å². The van der Waals surface area contributed by atoms with E-state index in [-0.39, 0.29) is 36.4 Å². The fourth-order valence-electron chi connectivity index (χ4n) is 7.27. The second-order valence-electron chi connectivity index (χ2n) is 12.0. The highest BCUT2D eigenvalue weighted by molar-refractivity contribution is 6.07. The monoisotopic (exact) mass is 586 g/mol. The molecule has 0 radical (unpaired) electrons. The van der Waals surface area contributed by atoms with E-state index in [4.69, 9.17) is 4.74 Å². The number of anilines is 2. The number of nitrogens with zero attached hydrogens (tertiary/aromatic N) is 1. The zero-order chi connectivity index (χ0) is 29.7. The number of rotatable bonds is 5. The number of benzene rings is 3. The Morgan fingerprint density at radius 1 is 0.977 bits per heavy atom. The molecule has 0 aromatic heterocycles. The normalized spacial score (nSPS) is 25.0. The van der Waals surface area contributed by atoms with E-state index in [1.807, 2.05) is 36.4 Å². The van der Waals surface area contributed by atoms with Crippen LogP contribution in [0.25, 0.3) is 0 Å². The van der Waals surface area contributed by atoms with Crippen molar-refractivity contribution >= 4 is 29.1 Å². The van der Waals surface area contributed by atoms with E-state index < -0.39 is 35.0 Å². The molecule has 1 spiro atoms. The van der Waals surface area contributed by atoms with E-state index in [2.05, 4.69) is 16.0 Å². The van der Waals surface area contributed by atoms with Crippen molar-refractivity contribution in [3.05, 3.63) is 94.6 Å². The predicted octanol–water partition coefficient (Wildman–Crippen LogP) is 3.86. The van der Waals surface area contributed by atoms with E-state index in [1.165, 1.54) is 17.0 Å². The highest BCUT2D eigenvalue weighted by Crippen LogP contribution is 2.47. The number of ether oxygens (including phenoxy) is 1. The van der Waals surface area contributed by atoms with Gasteiger partial charge in [0.25, 0.3) is 0 Å². The summed E-state index contributed by atoms with van der Waals surface area (Å²) in [5.74, 6) is -2.16. The topological polar surface area (TPSA) is 99.8 Å². The van der Waals surface area contributed by atoms with Crippen LogP contribution in [0.1, 0.15) is 41.1 Å². The lowest BCUT2D eigenvalue weighted by Crippen LogP contribution is -2.60. The molecule has 3 N–H and O–H groups in total. The Labute approximate surface area is 247 Å². The zero-order valence-corrected chi connectivity index (χ0v) is 23.5. The highest BCUT2D eigenvalue weighted by atomic mass is 19.1. The molecule has 3 aromatic carbocycles. The minimum Gasteiger partial charge on any atom is -0.381 e. The highest BCUT2D eigenvalue weighted by Gasteiger charge is 2.50. The molecule has 8 nitrogen and oxygen atoms in total. The van der Waals surface area contributed by atoms with Gasteiger partial charge < -0.3 is 25.6 Å². The van der Waals surface area contributed by atoms with Crippen LogP contribution in [0.3, 0.4) is 0 Å². The van der Waals surface area contributed by atoms with Gasteiger partial charge in [-0.3, -0.25) is 14.4 Å². The van der Waals surface area contributed by atoms with Gasteiger partial charge in [0.1, 0.15) is 18.2 Å². The van der Waals surface area contributed by atoms with Gasteiger partial charge in [0, 0.05) is 37.2 Å². The smallest absolute Gasteiger partial charge is 0.244 e. The van der Waals surface area contributed by atoms with Crippen LogP contribution in [0.15, 0.2) is 60.7 Å². The number of fused-ring (bicyclic) bond motifs is 3. The van der Waals surface area contributed by atoms with Crippen molar-refractivity contribution in [1.29, 1.82) is 0 Å². The molecule has 3 amide bonds. The summed E-state index contributed by atoms with van der Waals surface area (Å²) in [5.41, 5.74) is 4.03. The molecule has 3 aromatic rings. The van der Waals surface area contributed by atoms with Gasteiger partial charge in [0.05, 0.1) is 17.5 Å². The van der Waals surface area contributed by atoms with Crippen molar-refractivity contribution in [1.82, 2.24) is 10.2 Å². The number of nitrogens with one attached hydrogen (secondary N) is 3. The summed E-state index contributed by atoms with van der Waals surface area (Å²) in [6.45, 7) is 1.10. The Morgan fingerprint density at radius 2 is 1.72 bits per heavy atom. The number of amides is 3. The van der Waals surface area contributed by atoms with Gasteiger partial charge in [-0.05, 0) is 84.2 Å². The van der Waals surface area contributed by atoms with E-state index in [9.17, 15) is 23.2 Å². The van der Waals surface area contributed by atoms with Crippen LogP contribution in [-0.4, -0.2) is 55.0 Å². The number of hydrogen-bond donors (Lipinski definition) is 3. The van der Waals surface area contributed by atoms with E-state index in [0.717, 1.165) is 28.4 Å². The van der Waals surface area contributed by atoms with Crippen molar-refractivity contribution in [3.63, 3.8) is 0 Å². The largest absolute Gasteiger partial charge is 0.381 e. The third-order valence-electron chi connectivity index (χ3n) is 9.38. The minimum absolute atomic E-state index is 0.0217. The van der Waals surface area contributed by atoms with Crippen LogP contribution in [0.5, 0.6) is 0 Å². The number of piperazine rings is 1. The first kappa shape index (κ1) is 27.7. The molecular formula is C33H32F2N4O4. The van der Waals surface area contributed by atoms with Gasteiger partial charge in [0.2, 0.25) is 17.7 Å². The summed E-state index contributed by atoms with van der Waals surface area (Å²) < 4.78 is 33.8. The fourth-order valence-corrected chi connectivity index (χ4v) is 7.27. The van der Waals surface area contributed by atoms with Crippen LogP contribution in [0, 0.1) is 17.6 Å². The summed E-state index contributed by atoms with van der Waals surface area (Å²) in [6.07, 6.45) is 2.52. The molecule has 7 rings (SSSR count). The molecule has 3 aliphatic heterocycles. The Morgan fingerprint density at radius 3 is 2.51 bits per heavy atom. The van der Waals surface area contributed by atoms with Gasteiger partial charge in [-0.1, -0.05) is 24.3 Å². The third-order valence-corrected chi connectivity index (χ3v) is 9.38. The molecule has 4 aliphatic rings. The number of hydrogen-bond acceptors (Lipinski definition) is 5. The number of carbonyl (C=O) groups excluding carboxylic acids is 3. The Balaban J connectivity index is 1.11. The lowest BCUT2D eigenvalue weighted by atomic mass is 9.79. The summed E-state index contributed by atoms with van der Waals surface area (Å²) in [5, 5.41) is 9.21. The summed E-state index contributed by atoms with van der Waals surface area (Å²) >= 11 is 0. The van der Waals surface area contributed by atoms with Crippen molar-refractivity contribution in [2.75, 3.05) is 36.9 Å². The van der Waals surface area contributed by atoms with Crippen LogP contribution in [-0.2, 0) is 37.4 Å². The second-order valence-corrected chi connectivity index (χ2v) is 12.0. The van der Waals surface area contributed by atoms with Crippen LogP contribution in [0.4, 0.5) is 20.2 Å². The van der Waals surface area contributed by atoms with Crippen LogP contribution < -0.4 is 16.0 Å². The Bertz CT molecular complexity index is 1600. The predicted molar refractivity (Wildman–Crippen MR) is 155 cm³/mol. The first-order chi connectivity index (χ1) is 20.8. The third kappa shape index (κ3) is 4.98. The van der Waals surface area contributed by atoms with Gasteiger partial charge in [-0.15, -0.1) is 0 Å². The quantitative estimate of drug-likeness (QED) is 0.422. The minimum atomic E-state index is -0.743. The van der Waals surface area contributed by atoms with E-state index in [0.29, 0.717) is 44.6 Å². The summed E-state index contributed by atoms with van der Waals surface area (Å²) in [4.78, 5) is 41.8. The summed E-state index contributed by atoms with van der Waals surface area (Å²) in [6, 6.07) is 15.3. The van der Waals surface area contributed by atoms with E-state index >= 15 is 0 Å². The van der Waals surface area contributed by atoms with Gasteiger partial charge in [0.15, 0.2) is 0 Å². The molecule has 222 valence electrons. The zero-order valence-electron chi connectivity index (χ0n) is 23.5. The molecule has 10 heteroatoms. The maximum atomic E-state index is 14.2. The number of carbonyl (C=O) groups is 3. The summed E-state index contributed by atoms with van der Waals surface area (Å²) in [7, 11) is 0. The lowest BCUT2D eigenvalue weighted by Gasteiger charge is -2.43. The van der Waals surface area contributed by atoms with E-state index in [1.54, 1.807) is 6.07 Å². The Hall–Kier alpha value is -4.15. The first-order valence-electron chi connectivity index (χ1n) is 14.7. The van der Waals surface area contributed by atoms with Crippen molar-refractivity contribution in [2.24, 2.45) is 5.92 Å². The SMILES string of the molecule is O=C(CN1C(=O)C(C2CCOCC2)NCC1c1cc(F)cc(F)c1)Nc1ccc2c(c1)CC1(C2)C(=O)Nc2ccccc21. The van der Waals surface area contributed by atoms with Crippen molar-refractivity contribution in [2.45, 2.75) is 43.2 Å². The van der Waals surface area contributed by atoms with Crippen molar-refractivity contribution < 1.29 is 27.9 Å². The molecule has 3 heterocycles. The van der Waals surface area contributed by atoms with Crippen LogP contribution >= 0.6 is 0 Å². The molecule has 2 fully saturated rings. The lowest BCUT2D eigenvalue weighted by molar-refractivity contribution is -0.144. The number of halogens is 2.